The summed E-state index contributed by atoms with van der Waals surface area (Å²) in [7, 11) is 1.90. The fraction of sp³-hybridized carbons (Fsp3) is 0.312. The first kappa shape index (κ1) is 17.2. The van der Waals surface area contributed by atoms with Gasteiger partial charge in [0.25, 0.3) is 0 Å². The van der Waals surface area contributed by atoms with Crippen LogP contribution in [0, 0.1) is 10.1 Å². The van der Waals surface area contributed by atoms with Gasteiger partial charge in [-0.25, -0.2) is 0 Å². The van der Waals surface area contributed by atoms with Crippen molar-refractivity contribution in [1.29, 1.82) is 0 Å². The second kappa shape index (κ2) is 7.06. The maximum absolute atomic E-state index is 10.7. The molecule has 0 atom stereocenters. The highest BCUT2D eigenvalue weighted by molar-refractivity contribution is 7.98. The number of thioether (sulfide) groups is 1. The maximum Gasteiger partial charge on any atom is 0.307 e. The van der Waals surface area contributed by atoms with Crippen LogP contribution in [0.3, 0.4) is 0 Å². The second-order valence-electron chi connectivity index (χ2n) is 5.91. The number of nitrogens with zero attached hydrogens (tertiary/aromatic N) is 6. The molecule has 0 N–H and O–H groups in total. The molecule has 0 saturated heterocycles. The molecule has 0 saturated carbocycles. The Bertz CT molecular complexity index is 884. The summed E-state index contributed by atoms with van der Waals surface area (Å²) in [4.78, 5) is 10.2. The van der Waals surface area contributed by atoms with E-state index < -0.39 is 4.92 Å². The summed E-state index contributed by atoms with van der Waals surface area (Å²) in [6.45, 7) is 4.32. The summed E-state index contributed by atoms with van der Waals surface area (Å²) in [6, 6.07) is 8.30. The average Bonchev–Trinajstić information content (AvgIpc) is 3.20. The number of aromatic nitrogens is 5. The Labute approximate surface area is 149 Å². The van der Waals surface area contributed by atoms with E-state index in [4.69, 9.17) is 0 Å². The van der Waals surface area contributed by atoms with Gasteiger partial charge >= 0.3 is 5.69 Å². The SMILES string of the molecule is CC(C)c1ccc(-c2nnc(SCn3cc([N+](=O)[O-])cn3)n2C)cc1. The van der Waals surface area contributed by atoms with Crippen LogP contribution in [0.5, 0.6) is 0 Å². The third-order valence-electron chi connectivity index (χ3n) is 3.83. The Morgan fingerprint density at radius 2 is 1.96 bits per heavy atom. The Morgan fingerprint density at radius 3 is 2.56 bits per heavy atom. The molecule has 0 spiro atoms. The number of rotatable bonds is 6. The van der Waals surface area contributed by atoms with E-state index in [1.165, 1.54) is 34.4 Å². The topological polar surface area (TPSA) is 91.7 Å². The zero-order valence-corrected chi connectivity index (χ0v) is 15.0. The zero-order valence-electron chi connectivity index (χ0n) is 14.2. The van der Waals surface area contributed by atoms with Crippen LogP contribution >= 0.6 is 11.8 Å². The van der Waals surface area contributed by atoms with Crippen molar-refractivity contribution < 1.29 is 4.92 Å². The molecular weight excluding hydrogens is 340 g/mol. The van der Waals surface area contributed by atoms with Gasteiger partial charge < -0.3 is 4.57 Å². The van der Waals surface area contributed by atoms with Gasteiger partial charge in [-0.05, 0) is 11.5 Å². The first-order chi connectivity index (χ1) is 12.0. The maximum atomic E-state index is 10.7. The lowest BCUT2D eigenvalue weighted by Crippen LogP contribution is -1.99. The molecule has 2 aromatic heterocycles. The molecule has 0 bridgehead atoms. The van der Waals surface area contributed by atoms with Crippen LogP contribution in [0.25, 0.3) is 11.4 Å². The van der Waals surface area contributed by atoms with Crippen LogP contribution in [0.15, 0.2) is 41.8 Å². The quantitative estimate of drug-likeness (QED) is 0.381. The summed E-state index contributed by atoms with van der Waals surface area (Å²) < 4.78 is 3.42. The molecule has 8 nitrogen and oxygen atoms in total. The van der Waals surface area contributed by atoms with E-state index in [1.807, 2.05) is 23.7 Å². The van der Waals surface area contributed by atoms with Crippen LogP contribution in [-0.2, 0) is 12.9 Å². The molecule has 9 heteroatoms. The molecule has 0 amide bonds. The molecule has 3 aromatic rings. The van der Waals surface area contributed by atoms with E-state index in [0.29, 0.717) is 11.8 Å². The smallest absolute Gasteiger partial charge is 0.305 e. The first-order valence-electron chi connectivity index (χ1n) is 7.75. The molecule has 0 radical (unpaired) electrons. The lowest BCUT2D eigenvalue weighted by molar-refractivity contribution is -0.385. The van der Waals surface area contributed by atoms with Crippen molar-refractivity contribution in [3.63, 3.8) is 0 Å². The molecule has 0 unspecified atom stereocenters. The minimum Gasteiger partial charge on any atom is -0.305 e. The van der Waals surface area contributed by atoms with Crippen molar-refractivity contribution in [2.45, 2.75) is 30.8 Å². The summed E-state index contributed by atoms with van der Waals surface area (Å²) in [5.41, 5.74) is 2.26. The van der Waals surface area contributed by atoms with Crippen molar-refractivity contribution in [2.24, 2.45) is 7.05 Å². The van der Waals surface area contributed by atoms with Gasteiger partial charge in [-0.3, -0.25) is 14.8 Å². The largest absolute Gasteiger partial charge is 0.307 e. The standard InChI is InChI=1S/C16H18N6O2S/c1-11(2)12-4-6-13(7-5-12)15-18-19-16(20(15)3)25-10-21-9-14(8-17-21)22(23)24/h4-9,11H,10H2,1-3H3. The lowest BCUT2D eigenvalue weighted by Gasteiger charge is -2.07. The van der Waals surface area contributed by atoms with Crippen molar-refractivity contribution in [3.8, 4) is 11.4 Å². The van der Waals surface area contributed by atoms with Crippen LogP contribution in [0.2, 0.25) is 0 Å². The minimum absolute atomic E-state index is 0.0236. The van der Waals surface area contributed by atoms with E-state index in [9.17, 15) is 10.1 Å². The zero-order chi connectivity index (χ0) is 18.0. The molecule has 2 heterocycles. The molecule has 3 rings (SSSR count). The van der Waals surface area contributed by atoms with Crippen LogP contribution in [0.4, 0.5) is 5.69 Å². The van der Waals surface area contributed by atoms with Crippen molar-refractivity contribution in [3.05, 3.63) is 52.3 Å². The summed E-state index contributed by atoms with van der Waals surface area (Å²) in [5, 5.41) is 23.8. The molecular formula is C16H18N6O2S. The van der Waals surface area contributed by atoms with E-state index >= 15 is 0 Å². The van der Waals surface area contributed by atoms with Gasteiger partial charge in [0.2, 0.25) is 0 Å². The van der Waals surface area contributed by atoms with Gasteiger partial charge in [-0.15, -0.1) is 10.2 Å². The number of benzene rings is 1. The Kier molecular flexibility index (Phi) is 4.84. The fourth-order valence-electron chi connectivity index (χ4n) is 2.35. The summed E-state index contributed by atoms with van der Waals surface area (Å²) in [5.74, 6) is 1.69. The third kappa shape index (κ3) is 3.71. The van der Waals surface area contributed by atoms with E-state index in [2.05, 4.69) is 41.3 Å². The predicted octanol–water partition coefficient (Wildman–Crippen LogP) is 3.46. The fourth-order valence-corrected chi connectivity index (χ4v) is 3.12. The van der Waals surface area contributed by atoms with Gasteiger partial charge in [0, 0.05) is 12.6 Å². The Morgan fingerprint density at radius 1 is 1.24 bits per heavy atom. The van der Waals surface area contributed by atoms with E-state index in [-0.39, 0.29) is 5.69 Å². The predicted molar refractivity (Wildman–Crippen MR) is 95.3 cm³/mol. The van der Waals surface area contributed by atoms with Gasteiger partial charge in [-0.2, -0.15) is 5.10 Å². The number of hydrogen-bond donors (Lipinski definition) is 0. The highest BCUT2D eigenvalue weighted by atomic mass is 32.2. The van der Waals surface area contributed by atoms with Crippen molar-refractivity contribution in [1.82, 2.24) is 24.5 Å². The molecule has 0 aliphatic carbocycles. The number of nitro groups is 1. The van der Waals surface area contributed by atoms with Gasteiger partial charge in [0.1, 0.15) is 12.4 Å². The molecule has 0 aliphatic heterocycles. The third-order valence-corrected chi connectivity index (χ3v) is 4.83. The highest BCUT2D eigenvalue weighted by Gasteiger charge is 2.13. The van der Waals surface area contributed by atoms with Gasteiger partial charge in [0.05, 0.1) is 10.8 Å². The van der Waals surface area contributed by atoms with Gasteiger partial charge in [-0.1, -0.05) is 49.9 Å². The number of hydrogen-bond acceptors (Lipinski definition) is 6. The molecule has 1 aromatic carbocycles. The Balaban J connectivity index is 1.73. The van der Waals surface area contributed by atoms with Crippen molar-refractivity contribution >= 4 is 17.4 Å². The van der Waals surface area contributed by atoms with Gasteiger partial charge in [0.15, 0.2) is 11.0 Å². The lowest BCUT2D eigenvalue weighted by atomic mass is 10.0. The van der Waals surface area contributed by atoms with E-state index in [0.717, 1.165) is 16.5 Å². The molecule has 0 aliphatic rings. The monoisotopic (exact) mass is 358 g/mol. The van der Waals surface area contributed by atoms with E-state index in [1.54, 1.807) is 0 Å². The molecule has 130 valence electrons. The van der Waals surface area contributed by atoms with Crippen LogP contribution in [0.1, 0.15) is 25.3 Å². The minimum atomic E-state index is -0.463. The van der Waals surface area contributed by atoms with Crippen molar-refractivity contribution in [2.75, 3.05) is 0 Å². The van der Waals surface area contributed by atoms with Crippen LogP contribution in [-0.4, -0.2) is 29.5 Å². The second-order valence-corrected chi connectivity index (χ2v) is 6.82. The summed E-state index contributed by atoms with van der Waals surface area (Å²) in [6.07, 6.45) is 2.63. The Hall–Kier alpha value is -2.68. The first-order valence-corrected chi connectivity index (χ1v) is 8.73. The average molecular weight is 358 g/mol. The summed E-state index contributed by atoms with van der Waals surface area (Å²) >= 11 is 1.42. The highest BCUT2D eigenvalue weighted by Crippen LogP contribution is 2.25. The molecule has 0 fully saturated rings. The molecule has 25 heavy (non-hydrogen) atoms. The normalized spacial score (nSPS) is 11.2. The van der Waals surface area contributed by atoms with Crippen LogP contribution < -0.4 is 0 Å².